The molecule has 2 heterocycles. The van der Waals surface area contributed by atoms with Crippen LogP contribution in [0, 0.1) is 5.92 Å². The van der Waals surface area contributed by atoms with E-state index in [9.17, 15) is 18.3 Å². The monoisotopic (exact) mass is 308 g/mol. The van der Waals surface area contributed by atoms with E-state index in [-0.39, 0.29) is 26.2 Å². The summed E-state index contributed by atoms with van der Waals surface area (Å²) in [5, 5.41) is 18.9. The highest BCUT2D eigenvalue weighted by molar-refractivity contribution is 7.87. The van der Waals surface area contributed by atoms with Crippen LogP contribution in [0.25, 0.3) is 0 Å². The number of nitrogens with one attached hydrogen (secondary N) is 1. The Bertz CT molecular complexity index is 452. The molecule has 2 aliphatic heterocycles. The summed E-state index contributed by atoms with van der Waals surface area (Å²) >= 11 is 0. The van der Waals surface area contributed by atoms with Gasteiger partial charge in [0.2, 0.25) is 0 Å². The van der Waals surface area contributed by atoms with E-state index >= 15 is 0 Å². The predicted octanol–water partition coefficient (Wildman–Crippen LogP) is -1.23. The molecule has 2 aliphatic rings. The largest absolute Gasteiger partial charge is 0.481 e. The normalized spacial score (nSPS) is 29.6. The van der Waals surface area contributed by atoms with Crippen LogP contribution in [0.4, 0.5) is 0 Å². The van der Waals surface area contributed by atoms with Gasteiger partial charge in [0.1, 0.15) is 5.60 Å². The lowest BCUT2D eigenvalue weighted by atomic mass is 9.99. The first-order chi connectivity index (χ1) is 9.32. The Morgan fingerprint density at radius 3 is 2.55 bits per heavy atom. The number of carboxylic acid groups (broad SMARTS) is 1. The van der Waals surface area contributed by atoms with Gasteiger partial charge < -0.3 is 14.9 Å². The van der Waals surface area contributed by atoms with Crippen molar-refractivity contribution in [2.24, 2.45) is 5.92 Å². The number of piperidine rings is 1. The minimum atomic E-state index is -3.68. The highest BCUT2D eigenvalue weighted by Crippen LogP contribution is 2.21. The molecule has 8 nitrogen and oxygen atoms in total. The van der Waals surface area contributed by atoms with Gasteiger partial charge in [-0.1, -0.05) is 0 Å². The van der Waals surface area contributed by atoms with Crippen molar-refractivity contribution < 1.29 is 28.2 Å². The van der Waals surface area contributed by atoms with Crippen molar-refractivity contribution in [3.8, 4) is 0 Å². The Kier molecular flexibility index (Phi) is 4.65. The van der Waals surface area contributed by atoms with Gasteiger partial charge in [-0.2, -0.15) is 17.4 Å². The van der Waals surface area contributed by atoms with Gasteiger partial charge in [0.05, 0.1) is 12.5 Å². The van der Waals surface area contributed by atoms with Gasteiger partial charge in [-0.25, -0.2) is 0 Å². The van der Waals surface area contributed by atoms with Crippen molar-refractivity contribution in [3.05, 3.63) is 0 Å². The average molecular weight is 308 g/mol. The highest BCUT2D eigenvalue weighted by Gasteiger charge is 2.36. The summed E-state index contributed by atoms with van der Waals surface area (Å²) in [6.45, 7) is 0.815. The van der Waals surface area contributed by atoms with Gasteiger partial charge in [-0.05, 0) is 12.8 Å². The summed E-state index contributed by atoms with van der Waals surface area (Å²) in [6, 6.07) is 0. The van der Waals surface area contributed by atoms with Gasteiger partial charge in [-0.15, -0.1) is 0 Å². The molecule has 0 radical (unpaired) electrons. The Morgan fingerprint density at radius 2 is 2.05 bits per heavy atom. The fourth-order valence-corrected chi connectivity index (χ4v) is 3.72. The van der Waals surface area contributed by atoms with Crippen molar-refractivity contribution in [2.45, 2.75) is 24.9 Å². The first-order valence-corrected chi connectivity index (χ1v) is 8.04. The third-order valence-corrected chi connectivity index (χ3v) is 5.36. The molecule has 0 aliphatic carbocycles. The second kappa shape index (κ2) is 5.94. The second-order valence-electron chi connectivity index (χ2n) is 5.36. The van der Waals surface area contributed by atoms with E-state index in [2.05, 4.69) is 4.72 Å². The summed E-state index contributed by atoms with van der Waals surface area (Å²) in [6.07, 6.45) is 1.02. The molecular weight excluding hydrogens is 288 g/mol. The molecule has 116 valence electrons. The molecule has 0 saturated carbocycles. The van der Waals surface area contributed by atoms with Crippen molar-refractivity contribution in [2.75, 3.05) is 32.8 Å². The molecule has 2 rings (SSSR count). The van der Waals surface area contributed by atoms with Crippen molar-refractivity contribution in [1.29, 1.82) is 0 Å². The van der Waals surface area contributed by atoms with E-state index in [1.54, 1.807) is 0 Å². The number of hydrogen-bond donors (Lipinski definition) is 3. The van der Waals surface area contributed by atoms with Gasteiger partial charge >= 0.3 is 5.97 Å². The maximum Gasteiger partial charge on any atom is 0.306 e. The van der Waals surface area contributed by atoms with Gasteiger partial charge in [-0.3, -0.25) is 4.79 Å². The smallest absolute Gasteiger partial charge is 0.306 e. The van der Waals surface area contributed by atoms with Crippen molar-refractivity contribution in [3.63, 3.8) is 0 Å². The third-order valence-electron chi connectivity index (χ3n) is 3.81. The number of rotatable bonds is 5. The average Bonchev–Trinajstić information content (AvgIpc) is 2.84. The van der Waals surface area contributed by atoms with Crippen LogP contribution in [0.2, 0.25) is 0 Å². The van der Waals surface area contributed by atoms with Crippen LogP contribution in [-0.4, -0.2) is 67.4 Å². The quantitative estimate of drug-likeness (QED) is 0.585. The molecule has 0 amide bonds. The summed E-state index contributed by atoms with van der Waals surface area (Å²) < 4.78 is 32.8. The number of carbonyl (C=O) groups is 1. The van der Waals surface area contributed by atoms with Crippen LogP contribution < -0.4 is 4.72 Å². The summed E-state index contributed by atoms with van der Waals surface area (Å²) in [5.41, 5.74) is -1.15. The first-order valence-electron chi connectivity index (χ1n) is 6.60. The first kappa shape index (κ1) is 15.6. The standard InChI is InChI=1S/C11H20N2O6S/c14-10(15)9-1-4-13(5-2-9)20(17,18)12-7-11(16)3-6-19-8-11/h9,12,16H,1-8H2,(H,14,15). The van der Waals surface area contributed by atoms with E-state index in [1.165, 1.54) is 4.31 Å². The van der Waals surface area contributed by atoms with E-state index < -0.39 is 27.7 Å². The maximum absolute atomic E-state index is 12.1. The summed E-state index contributed by atoms with van der Waals surface area (Å²) in [7, 11) is -3.68. The van der Waals surface area contributed by atoms with Gasteiger partial charge in [0, 0.05) is 32.7 Å². The minimum absolute atomic E-state index is 0.0891. The minimum Gasteiger partial charge on any atom is -0.481 e. The molecule has 0 aromatic carbocycles. The topological polar surface area (TPSA) is 116 Å². The lowest BCUT2D eigenvalue weighted by Crippen LogP contribution is -2.50. The lowest BCUT2D eigenvalue weighted by molar-refractivity contribution is -0.142. The maximum atomic E-state index is 12.1. The van der Waals surface area contributed by atoms with E-state index in [0.717, 1.165) is 0 Å². The SMILES string of the molecule is O=C(O)C1CCN(S(=O)(=O)NCC2(O)CCOC2)CC1. The Labute approximate surface area is 117 Å². The number of nitrogens with zero attached hydrogens (tertiary/aromatic N) is 1. The summed E-state index contributed by atoms with van der Waals surface area (Å²) in [5.74, 6) is -1.36. The van der Waals surface area contributed by atoms with Crippen LogP contribution in [0.1, 0.15) is 19.3 Å². The third kappa shape index (κ3) is 3.67. The van der Waals surface area contributed by atoms with Crippen LogP contribution in [-0.2, 0) is 19.7 Å². The zero-order valence-corrected chi connectivity index (χ0v) is 11.9. The molecule has 3 N–H and O–H groups in total. The van der Waals surface area contributed by atoms with E-state index in [4.69, 9.17) is 9.84 Å². The van der Waals surface area contributed by atoms with E-state index in [1.807, 2.05) is 0 Å². The number of carboxylic acids is 1. The van der Waals surface area contributed by atoms with Crippen LogP contribution >= 0.6 is 0 Å². The van der Waals surface area contributed by atoms with Crippen molar-refractivity contribution >= 4 is 16.2 Å². The molecular formula is C11H20N2O6S. The molecule has 9 heteroatoms. The van der Waals surface area contributed by atoms with Crippen LogP contribution in [0.15, 0.2) is 0 Å². The van der Waals surface area contributed by atoms with Crippen molar-refractivity contribution in [1.82, 2.24) is 9.03 Å². The fraction of sp³-hybridized carbons (Fsp3) is 0.909. The van der Waals surface area contributed by atoms with Crippen LogP contribution in [0.3, 0.4) is 0 Å². The van der Waals surface area contributed by atoms with Crippen LogP contribution in [0.5, 0.6) is 0 Å². The fourth-order valence-electron chi connectivity index (χ4n) is 2.40. The molecule has 1 atom stereocenters. The highest BCUT2D eigenvalue weighted by atomic mass is 32.2. The Balaban J connectivity index is 1.86. The summed E-state index contributed by atoms with van der Waals surface area (Å²) in [4.78, 5) is 10.8. The predicted molar refractivity (Wildman–Crippen MR) is 69.2 cm³/mol. The van der Waals surface area contributed by atoms with Gasteiger partial charge in [0.15, 0.2) is 0 Å². The zero-order valence-electron chi connectivity index (χ0n) is 11.1. The number of ether oxygens (including phenoxy) is 1. The van der Waals surface area contributed by atoms with E-state index in [0.29, 0.717) is 25.9 Å². The molecule has 0 aromatic rings. The molecule has 2 fully saturated rings. The number of aliphatic hydroxyl groups is 1. The second-order valence-corrected chi connectivity index (χ2v) is 7.12. The molecule has 20 heavy (non-hydrogen) atoms. The zero-order chi connectivity index (χ0) is 14.8. The molecule has 0 aromatic heterocycles. The van der Waals surface area contributed by atoms with Gasteiger partial charge in [0.25, 0.3) is 10.2 Å². The molecule has 0 spiro atoms. The number of hydrogen-bond acceptors (Lipinski definition) is 5. The number of aliphatic carboxylic acids is 1. The molecule has 2 saturated heterocycles. The lowest BCUT2D eigenvalue weighted by Gasteiger charge is -2.30. The molecule has 0 bridgehead atoms. The Morgan fingerprint density at radius 1 is 1.40 bits per heavy atom. The molecule has 1 unspecified atom stereocenters. The Hall–Kier alpha value is -0.740.